The Morgan fingerprint density at radius 2 is 1.89 bits per heavy atom. The van der Waals surface area contributed by atoms with Gasteiger partial charge in [-0.3, -0.25) is 14.2 Å². The summed E-state index contributed by atoms with van der Waals surface area (Å²) in [5, 5.41) is 2.89. The second-order valence-electron chi connectivity index (χ2n) is 6.57. The van der Waals surface area contributed by atoms with Crippen LogP contribution in [0.3, 0.4) is 0 Å². The van der Waals surface area contributed by atoms with Crippen LogP contribution in [0.2, 0.25) is 0 Å². The number of imidazole rings is 1. The Hall–Kier alpha value is -3.74. The molecule has 0 aliphatic carbocycles. The van der Waals surface area contributed by atoms with Crippen molar-refractivity contribution in [1.82, 2.24) is 18.9 Å². The van der Waals surface area contributed by atoms with Crippen LogP contribution in [-0.2, 0) is 11.3 Å². The minimum atomic E-state index is -0.302. The molecule has 0 bridgehead atoms. The van der Waals surface area contributed by atoms with Gasteiger partial charge in [-0.25, -0.2) is 9.97 Å². The summed E-state index contributed by atoms with van der Waals surface area (Å²) in [7, 11) is 0. The Kier molecular flexibility index (Phi) is 4.49. The van der Waals surface area contributed by atoms with Crippen molar-refractivity contribution < 1.29 is 4.79 Å². The van der Waals surface area contributed by atoms with E-state index in [9.17, 15) is 9.59 Å². The lowest BCUT2D eigenvalue weighted by Crippen LogP contribution is -2.29. The minimum absolute atomic E-state index is 0.105. The number of carbonyl (C=O) groups excluding carboxylic acids is 1. The lowest BCUT2D eigenvalue weighted by atomic mass is 10.1. The molecule has 0 radical (unpaired) electrons. The molecule has 4 rings (SSSR count). The van der Waals surface area contributed by atoms with Crippen LogP contribution in [0.4, 0.5) is 5.69 Å². The number of para-hydroxylation sites is 1. The van der Waals surface area contributed by atoms with Gasteiger partial charge in [-0.1, -0.05) is 24.3 Å². The van der Waals surface area contributed by atoms with Gasteiger partial charge in [-0.15, -0.1) is 0 Å². The van der Waals surface area contributed by atoms with Crippen LogP contribution < -0.4 is 10.9 Å². The van der Waals surface area contributed by atoms with Gasteiger partial charge in [0.1, 0.15) is 12.2 Å². The predicted molar refractivity (Wildman–Crippen MR) is 107 cm³/mol. The van der Waals surface area contributed by atoms with Crippen LogP contribution >= 0.6 is 0 Å². The van der Waals surface area contributed by atoms with Gasteiger partial charge in [0, 0.05) is 29.2 Å². The molecule has 0 aliphatic heterocycles. The first kappa shape index (κ1) is 17.7. The number of amides is 1. The number of fused-ring (bicyclic) bond motifs is 1. The standard InChI is InChI=1S/C21H19N5O2/c1-14-15(2)22-13-26(21(14)28)12-20(27)24-17-8-4-3-7-16(17)18-11-25-10-6-5-9-19(25)23-18/h3-11,13H,12H2,1-2H3,(H,24,27). The highest BCUT2D eigenvalue weighted by Gasteiger charge is 2.13. The highest BCUT2D eigenvalue weighted by Crippen LogP contribution is 2.27. The molecular weight excluding hydrogens is 354 g/mol. The van der Waals surface area contributed by atoms with E-state index >= 15 is 0 Å². The van der Waals surface area contributed by atoms with Crippen molar-refractivity contribution in [2.75, 3.05) is 5.32 Å². The van der Waals surface area contributed by atoms with Crippen molar-refractivity contribution in [2.45, 2.75) is 20.4 Å². The number of anilines is 1. The van der Waals surface area contributed by atoms with Crippen molar-refractivity contribution in [1.29, 1.82) is 0 Å². The number of pyridine rings is 1. The summed E-state index contributed by atoms with van der Waals surface area (Å²) in [6, 6.07) is 13.2. The Bertz CT molecular complexity index is 1210. The Morgan fingerprint density at radius 3 is 2.71 bits per heavy atom. The molecule has 0 aliphatic rings. The number of hydrogen-bond donors (Lipinski definition) is 1. The summed E-state index contributed by atoms with van der Waals surface area (Å²) in [5.41, 5.74) is 4.03. The third-order valence-corrected chi connectivity index (χ3v) is 4.67. The highest BCUT2D eigenvalue weighted by molar-refractivity contribution is 5.95. The fraction of sp³-hybridized carbons (Fsp3) is 0.143. The van der Waals surface area contributed by atoms with E-state index in [1.807, 2.05) is 59.3 Å². The summed E-state index contributed by atoms with van der Waals surface area (Å²) < 4.78 is 3.24. The first-order valence-electron chi connectivity index (χ1n) is 8.88. The van der Waals surface area contributed by atoms with Crippen LogP contribution in [0.25, 0.3) is 16.9 Å². The van der Waals surface area contributed by atoms with Crippen LogP contribution in [0, 0.1) is 13.8 Å². The number of aromatic nitrogens is 4. The summed E-state index contributed by atoms with van der Waals surface area (Å²) in [4.78, 5) is 33.6. The van der Waals surface area contributed by atoms with Crippen molar-refractivity contribution in [2.24, 2.45) is 0 Å². The zero-order valence-electron chi connectivity index (χ0n) is 15.6. The molecule has 0 atom stereocenters. The Labute approximate surface area is 161 Å². The summed E-state index contributed by atoms with van der Waals surface area (Å²) >= 11 is 0. The first-order valence-corrected chi connectivity index (χ1v) is 8.88. The number of rotatable bonds is 4. The maximum absolute atomic E-state index is 12.6. The zero-order chi connectivity index (χ0) is 19.7. The first-order chi connectivity index (χ1) is 13.5. The predicted octanol–water partition coefficient (Wildman–Crippen LogP) is 2.81. The van der Waals surface area contributed by atoms with Gasteiger partial charge in [0.25, 0.3) is 5.56 Å². The lowest BCUT2D eigenvalue weighted by Gasteiger charge is -2.11. The highest BCUT2D eigenvalue weighted by atomic mass is 16.2. The largest absolute Gasteiger partial charge is 0.324 e. The van der Waals surface area contributed by atoms with Crippen molar-refractivity contribution in [3.05, 3.63) is 82.8 Å². The molecule has 1 N–H and O–H groups in total. The van der Waals surface area contributed by atoms with E-state index in [0.29, 0.717) is 16.9 Å². The second-order valence-corrected chi connectivity index (χ2v) is 6.57. The summed E-state index contributed by atoms with van der Waals surface area (Å²) in [6.45, 7) is 3.37. The van der Waals surface area contributed by atoms with Crippen molar-refractivity contribution in [3.8, 4) is 11.3 Å². The van der Waals surface area contributed by atoms with Gasteiger partial charge < -0.3 is 9.72 Å². The van der Waals surface area contributed by atoms with Gasteiger partial charge in [0.05, 0.1) is 17.7 Å². The van der Waals surface area contributed by atoms with Gasteiger partial charge in [0.2, 0.25) is 5.91 Å². The molecule has 0 unspecified atom stereocenters. The third kappa shape index (κ3) is 3.29. The molecular formula is C21H19N5O2. The fourth-order valence-corrected chi connectivity index (χ4v) is 3.01. The van der Waals surface area contributed by atoms with Crippen LogP contribution in [0.15, 0.2) is 66.0 Å². The van der Waals surface area contributed by atoms with Crippen LogP contribution in [-0.4, -0.2) is 24.8 Å². The molecule has 7 heteroatoms. The van der Waals surface area contributed by atoms with Gasteiger partial charge in [-0.2, -0.15) is 0 Å². The lowest BCUT2D eigenvalue weighted by molar-refractivity contribution is -0.116. The molecule has 3 heterocycles. The van der Waals surface area contributed by atoms with Crippen molar-refractivity contribution in [3.63, 3.8) is 0 Å². The molecule has 28 heavy (non-hydrogen) atoms. The molecule has 0 spiro atoms. The van der Waals surface area contributed by atoms with Crippen LogP contribution in [0.5, 0.6) is 0 Å². The maximum Gasteiger partial charge on any atom is 0.256 e. The molecule has 4 aromatic rings. The minimum Gasteiger partial charge on any atom is -0.324 e. The number of nitrogens with zero attached hydrogens (tertiary/aromatic N) is 4. The molecule has 1 aromatic carbocycles. The van der Waals surface area contributed by atoms with E-state index in [1.54, 1.807) is 13.8 Å². The summed E-state index contributed by atoms with van der Waals surface area (Å²) in [5.74, 6) is -0.302. The molecule has 0 fully saturated rings. The SMILES string of the molecule is Cc1ncn(CC(=O)Nc2ccccc2-c2cn3ccccc3n2)c(=O)c1C. The van der Waals surface area contributed by atoms with Gasteiger partial charge in [-0.05, 0) is 32.0 Å². The molecule has 140 valence electrons. The van der Waals surface area contributed by atoms with E-state index in [0.717, 1.165) is 16.9 Å². The molecule has 0 saturated carbocycles. The second kappa shape index (κ2) is 7.11. The average Bonchev–Trinajstić information content (AvgIpc) is 3.13. The van der Waals surface area contributed by atoms with E-state index in [1.165, 1.54) is 10.9 Å². The van der Waals surface area contributed by atoms with Crippen molar-refractivity contribution >= 4 is 17.2 Å². The quantitative estimate of drug-likeness (QED) is 0.596. The van der Waals surface area contributed by atoms with E-state index in [-0.39, 0.29) is 18.0 Å². The van der Waals surface area contributed by atoms with E-state index < -0.39 is 0 Å². The van der Waals surface area contributed by atoms with Gasteiger partial charge in [0.15, 0.2) is 0 Å². The summed E-state index contributed by atoms with van der Waals surface area (Å²) in [6.07, 6.45) is 5.24. The number of hydrogen-bond acceptors (Lipinski definition) is 4. The topological polar surface area (TPSA) is 81.3 Å². The van der Waals surface area contributed by atoms with Crippen LogP contribution in [0.1, 0.15) is 11.3 Å². The van der Waals surface area contributed by atoms with Gasteiger partial charge >= 0.3 is 0 Å². The fourth-order valence-electron chi connectivity index (χ4n) is 3.01. The van der Waals surface area contributed by atoms with E-state index in [2.05, 4.69) is 15.3 Å². The zero-order valence-corrected chi connectivity index (χ0v) is 15.6. The smallest absolute Gasteiger partial charge is 0.256 e. The normalized spacial score (nSPS) is 10.9. The Balaban J connectivity index is 1.61. The third-order valence-electron chi connectivity index (χ3n) is 4.67. The molecule has 0 saturated heterocycles. The number of aryl methyl sites for hydroxylation is 1. The molecule has 1 amide bonds. The number of benzene rings is 1. The number of nitrogens with one attached hydrogen (secondary N) is 1. The number of carbonyl (C=O) groups is 1. The molecule has 7 nitrogen and oxygen atoms in total. The van der Waals surface area contributed by atoms with E-state index in [4.69, 9.17) is 0 Å². The molecule has 3 aromatic heterocycles. The Morgan fingerprint density at radius 1 is 1.11 bits per heavy atom. The maximum atomic E-state index is 12.6. The average molecular weight is 373 g/mol. The monoisotopic (exact) mass is 373 g/mol.